The van der Waals surface area contributed by atoms with Crippen LogP contribution < -0.4 is 10.2 Å². The van der Waals surface area contributed by atoms with Gasteiger partial charge in [-0.1, -0.05) is 23.7 Å². The molecule has 126 valence electrons. The van der Waals surface area contributed by atoms with Crippen LogP contribution in [0.3, 0.4) is 0 Å². The van der Waals surface area contributed by atoms with Crippen molar-refractivity contribution in [3.63, 3.8) is 0 Å². The lowest BCUT2D eigenvalue weighted by molar-refractivity contribution is 0.0954. The highest BCUT2D eigenvalue weighted by molar-refractivity contribution is 6.30. The van der Waals surface area contributed by atoms with Crippen LogP contribution in [0.1, 0.15) is 35.2 Å². The van der Waals surface area contributed by atoms with Crippen LogP contribution in [0.5, 0.6) is 0 Å². The zero-order valence-electron chi connectivity index (χ0n) is 13.7. The average molecular weight is 344 g/mol. The molecular formula is C19H22ClN3O. The lowest BCUT2D eigenvalue weighted by Gasteiger charge is -2.28. The second-order valence-electron chi connectivity index (χ2n) is 6.11. The van der Waals surface area contributed by atoms with E-state index in [4.69, 9.17) is 11.6 Å². The number of anilines is 1. The van der Waals surface area contributed by atoms with Crippen molar-refractivity contribution >= 4 is 23.2 Å². The normalized spacial score (nSPS) is 14.5. The minimum absolute atomic E-state index is 0.0738. The molecule has 0 unspecified atom stereocenters. The Balaban J connectivity index is 1.55. The predicted octanol–water partition coefficient (Wildman–Crippen LogP) is 3.70. The molecule has 0 aliphatic carbocycles. The Bertz CT molecular complexity index is 681. The Morgan fingerprint density at radius 3 is 2.62 bits per heavy atom. The van der Waals surface area contributed by atoms with E-state index in [1.165, 1.54) is 19.3 Å². The standard InChI is InChI=1S/C19H22ClN3O/c20-17-6-4-15(5-7-17)8-9-22-19(24)16-12-18(14-21-13-16)23-10-2-1-3-11-23/h4-7,12-14H,1-3,8-11H2,(H,22,24). The highest BCUT2D eigenvalue weighted by Crippen LogP contribution is 2.19. The number of rotatable bonds is 5. The number of hydrogen-bond acceptors (Lipinski definition) is 3. The zero-order chi connectivity index (χ0) is 16.8. The number of hydrogen-bond donors (Lipinski definition) is 1. The van der Waals surface area contributed by atoms with Crippen molar-refractivity contribution in [2.24, 2.45) is 0 Å². The van der Waals surface area contributed by atoms with Crippen molar-refractivity contribution in [3.05, 3.63) is 58.9 Å². The van der Waals surface area contributed by atoms with Gasteiger partial charge in [0.1, 0.15) is 0 Å². The average Bonchev–Trinajstić information content (AvgIpc) is 2.64. The smallest absolute Gasteiger partial charge is 0.252 e. The molecular weight excluding hydrogens is 322 g/mol. The Hall–Kier alpha value is -2.07. The maximum Gasteiger partial charge on any atom is 0.252 e. The van der Waals surface area contributed by atoms with Crippen molar-refractivity contribution in [2.45, 2.75) is 25.7 Å². The summed E-state index contributed by atoms with van der Waals surface area (Å²) < 4.78 is 0. The third-order valence-corrected chi connectivity index (χ3v) is 4.57. The van der Waals surface area contributed by atoms with Gasteiger partial charge in [0.2, 0.25) is 0 Å². The summed E-state index contributed by atoms with van der Waals surface area (Å²) in [5.41, 5.74) is 2.81. The van der Waals surface area contributed by atoms with Crippen LogP contribution in [-0.2, 0) is 6.42 Å². The molecule has 0 bridgehead atoms. The summed E-state index contributed by atoms with van der Waals surface area (Å²) in [6, 6.07) is 9.63. The van der Waals surface area contributed by atoms with E-state index in [0.29, 0.717) is 12.1 Å². The largest absolute Gasteiger partial charge is 0.370 e. The van der Waals surface area contributed by atoms with Gasteiger partial charge in [0.15, 0.2) is 0 Å². The lowest BCUT2D eigenvalue weighted by Crippen LogP contribution is -2.30. The van der Waals surface area contributed by atoms with Crippen LogP contribution >= 0.6 is 11.6 Å². The van der Waals surface area contributed by atoms with Gasteiger partial charge in [-0.2, -0.15) is 0 Å². The fourth-order valence-electron chi connectivity index (χ4n) is 2.95. The van der Waals surface area contributed by atoms with Crippen LogP contribution in [0.15, 0.2) is 42.7 Å². The van der Waals surface area contributed by atoms with E-state index in [-0.39, 0.29) is 5.91 Å². The van der Waals surface area contributed by atoms with Gasteiger partial charge in [-0.25, -0.2) is 0 Å². The molecule has 2 aromatic rings. The molecule has 1 N–H and O–H groups in total. The summed E-state index contributed by atoms with van der Waals surface area (Å²) in [6.07, 6.45) is 7.95. The first-order valence-corrected chi connectivity index (χ1v) is 8.83. The molecule has 1 aromatic carbocycles. The maximum absolute atomic E-state index is 12.3. The third kappa shape index (κ3) is 4.48. The van der Waals surface area contributed by atoms with Crippen LogP contribution in [0, 0.1) is 0 Å². The number of carbonyl (C=O) groups is 1. The molecule has 4 nitrogen and oxygen atoms in total. The Morgan fingerprint density at radius 1 is 1.12 bits per heavy atom. The monoisotopic (exact) mass is 343 g/mol. The number of piperidine rings is 1. The molecule has 1 aliphatic rings. The molecule has 5 heteroatoms. The zero-order valence-corrected chi connectivity index (χ0v) is 14.4. The predicted molar refractivity (Wildman–Crippen MR) is 97.8 cm³/mol. The van der Waals surface area contributed by atoms with E-state index < -0.39 is 0 Å². The Labute approximate surface area is 147 Å². The first kappa shape index (κ1) is 16.8. The van der Waals surface area contributed by atoms with Crippen molar-refractivity contribution in [2.75, 3.05) is 24.5 Å². The van der Waals surface area contributed by atoms with Gasteiger partial charge in [-0.05, 0) is 49.4 Å². The van der Waals surface area contributed by atoms with Gasteiger partial charge < -0.3 is 10.2 Å². The summed E-state index contributed by atoms with van der Waals surface area (Å²) in [4.78, 5) is 18.9. The minimum Gasteiger partial charge on any atom is -0.370 e. The number of nitrogens with zero attached hydrogens (tertiary/aromatic N) is 2. The Morgan fingerprint density at radius 2 is 1.88 bits per heavy atom. The second kappa shape index (κ2) is 8.15. The van der Waals surface area contributed by atoms with E-state index >= 15 is 0 Å². The van der Waals surface area contributed by atoms with E-state index in [0.717, 1.165) is 35.8 Å². The SMILES string of the molecule is O=C(NCCc1ccc(Cl)cc1)c1cncc(N2CCCCC2)c1. The van der Waals surface area contributed by atoms with E-state index in [9.17, 15) is 4.79 Å². The summed E-state index contributed by atoms with van der Waals surface area (Å²) in [5, 5.41) is 3.69. The molecule has 0 radical (unpaired) electrons. The fourth-order valence-corrected chi connectivity index (χ4v) is 3.08. The van der Waals surface area contributed by atoms with Crippen molar-refractivity contribution in [3.8, 4) is 0 Å². The molecule has 0 spiro atoms. The minimum atomic E-state index is -0.0738. The Kier molecular flexibility index (Phi) is 5.70. The van der Waals surface area contributed by atoms with E-state index in [1.54, 1.807) is 6.20 Å². The summed E-state index contributed by atoms with van der Waals surface area (Å²) in [6.45, 7) is 2.68. The van der Waals surface area contributed by atoms with Gasteiger partial charge in [0.05, 0.1) is 17.4 Å². The molecule has 1 aliphatic heterocycles. The molecule has 1 amide bonds. The molecule has 3 rings (SSSR count). The van der Waals surface area contributed by atoms with Crippen LogP contribution in [0.25, 0.3) is 0 Å². The quantitative estimate of drug-likeness (QED) is 0.900. The third-order valence-electron chi connectivity index (χ3n) is 4.32. The van der Waals surface area contributed by atoms with Gasteiger partial charge in [-0.15, -0.1) is 0 Å². The second-order valence-corrected chi connectivity index (χ2v) is 6.55. The molecule has 1 fully saturated rings. The van der Waals surface area contributed by atoms with Gasteiger partial charge in [0, 0.05) is 30.9 Å². The topological polar surface area (TPSA) is 45.2 Å². The van der Waals surface area contributed by atoms with Gasteiger partial charge >= 0.3 is 0 Å². The first-order valence-electron chi connectivity index (χ1n) is 8.45. The molecule has 0 atom stereocenters. The van der Waals surface area contributed by atoms with Crippen LogP contribution in [-0.4, -0.2) is 30.5 Å². The number of benzene rings is 1. The molecule has 2 heterocycles. The van der Waals surface area contributed by atoms with Crippen molar-refractivity contribution < 1.29 is 4.79 Å². The summed E-state index contributed by atoms with van der Waals surface area (Å²) >= 11 is 5.87. The van der Waals surface area contributed by atoms with Crippen molar-refractivity contribution in [1.29, 1.82) is 0 Å². The van der Waals surface area contributed by atoms with Gasteiger partial charge in [0.25, 0.3) is 5.91 Å². The number of carbonyl (C=O) groups excluding carboxylic acids is 1. The van der Waals surface area contributed by atoms with Crippen LogP contribution in [0.4, 0.5) is 5.69 Å². The van der Waals surface area contributed by atoms with Gasteiger partial charge in [-0.3, -0.25) is 9.78 Å². The van der Waals surface area contributed by atoms with E-state index in [1.807, 2.05) is 36.5 Å². The van der Waals surface area contributed by atoms with Crippen molar-refractivity contribution in [1.82, 2.24) is 10.3 Å². The maximum atomic E-state index is 12.3. The summed E-state index contributed by atoms with van der Waals surface area (Å²) in [7, 11) is 0. The summed E-state index contributed by atoms with van der Waals surface area (Å²) in [5.74, 6) is -0.0738. The molecule has 24 heavy (non-hydrogen) atoms. The number of amides is 1. The molecule has 1 saturated heterocycles. The number of halogens is 1. The number of nitrogens with one attached hydrogen (secondary N) is 1. The highest BCUT2D eigenvalue weighted by atomic mass is 35.5. The van der Waals surface area contributed by atoms with E-state index in [2.05, 4.69) is 15.2 Å². The molecule has 1 aromatic heterocycles. The highest BCUT2D eigenvalue weighted by Gasteiger charge is 2.13. The lowest BCUT2D eigenvalue weighted by atomic mass is 10.1. The number of aromatic nitrogens is 1. The first-order chi connectivity index (χ1) is 11.7. The fraction of sp³-hybridized carbons (Fsp3) is 0.368. The number of pyridine rings is 1. The molecule has 0 saturated carbocycles. The van der Waals surface area contributed by atoms with Crippen LogP contribution in [0.2, 0.25) is 5.02 Å².